The van der Waals surface area contributed by atoms with Crippen LogP contribution in [0.5, 0.6) is 0 Å². The van der Waals surface area contributed by atoms with Crippen molar-refractivity contribution in [3.05, 3.63) is 54.9 Å². The van der Waals surface area contributed by atoms with Crippen molar-refractivity contribution in [1.82, 2.24) is 4.98 Å². The van der Waals surface area contributed by atoms with Gasteiger partial charge < -0.3 is 5.32 Å². The van der Waals surface area contributed by atoms with Crippen molar-refractivity contribution in [2.24, 2.45) is 11.0 Å². The molecule has 0 bridgehead atoms. The number of amides is 2. The zero-order valence-corrected chi connectivity index (χ0v) is 11.9. The summed E-state index contributed by atoms with van der Waals surface area (Å²) in [5.74, 6) is -1.65. The highest BCUT2D eigenvalue weighted by molar-refractivity contribution is 6.28. The number of hydrogen-bond acceptors (Lipinski definition) is 4. The molecule has 1 aromatic heterocycles. The normalized spacial score (nSPS) is 17.3. The summed E-state index contributed by atoms with van der Waals surface area (Å²) in [5, 5.41) is 8.18. The smallest absolute Gasteiger partial charge is 0.265 e. The fourth-order valence-corrected chi connectivity index (χ4v) is 2.27. The third-order valence-electron chi connectivity index (χ3n) is 3.34. The summed E-state index contributed by atoms with van der Waals surface area (Å²) in [6.07, 6.45) is 3.15. The molecule has 2 heterocycles. The van der Waals surface area contributed by atoms with Gasteiger partial charge in [0.15, 0.2) is 5.92 Å². The van der Waals surface area contributed by atoms with E-state index in [1.54, 1.807) is 43.6 Å². The summed E-state index contributed by atoms with van der Waals surface area (Å²) in [6, 6.07) is 12.4. The van der Waals surface area contributed by atoms with Crippen molar-refractivity contribution in [3.8, 4) is 0 Å². The first-order valence-electron chi connectivity index (χ1n) is 6.82. The zero-order chi connectivity index (χ0) is 15.5. The number of rotatable bonds is 3. The predicted molar refractivity (Wildman–Crippen MR) is 83.4 cm³/mol. The Bertz CT molecular complexity index is 728. The molecular weight excluding hydrogens is 280 g/mol. The summed E-state index contributed by atoms with van der Waals surface area (Å²) >= 11 is 0. The van der Waals surface area contributed by atoms with Crippen molar-refractivity contribution in [1.29, 1.82) is 0 Å². The number of anilines is 2. The molecule has 3 rings (SSSR count). The molecule has 1 aliphatic rings. The van der Waals surface area contributed by atoms with Crippen LogP contribution in [0.25, 0.3) is 0 Å². The van der Waals surface area contributed by atoms with E-state index in [4.69, 9.17) is 0 Å². The molecule has 1 aliphatic heterocycles. The maximum Gasteiger partial charge on any atom is 0.265 e. The Morgan fingerprint density at radius 1 is 1.14 bits per heavy atom. The van der Waals surface area contributed by atoms with Gasteiger partial charge in [0.05, 0.1) is 11.4 Å². The largest absolute Gasteiger partial charge is 0.325 e. The SMILES string of the molecule is CC1=NN(c2ccncc2)C(=O)C1C(=O)Nc1ccccc1. The lowest BCUT2D eigenvalue weighted by molar-refractivity contribution is -0.127. The lowest BCUT2D eigenvalue weighted by Crippen LogP contribution is -2.36. The van der Waals surface area contributed by atoms with Crippen molar-refractivity contribution in [3.63, 3.8) is 0 Å². The summed E-state index contributed by atoms with van der Waals surface area (Å²) in [5.41, 5.74) is 1.71. The zero-order valence-electron chi connectivity index (χ0n) is 11.9. The van der Waals surface area contributed by atoms with E-state index in [1.165, 1.54) is 5.01 Å². The van der Waals surface area contributed by atoms with Crippen molar-refractivity contribution < 1.29 is 9.59 Å². The first-order chi connectivity index (χ1) is 10.7. The van der Waals surface area contributed by atoms with Crippen LogP contribution >= 0.6 is 0 Å². The molecule has 0 fully saturated rings. The minimum Gasteiger partial charge on any atom is -0.325 e. The Balaban J connectivity index is 1.80. The topological polar surface area (TPSA) is 74.7 Å². The molecule has 1 N–H and O–H groups in total. The molecule has 22 heavy (non-hydrogen) atoms. The summed E-state index contributed by atoms with van der Waals surface area (Å²) in [7, 11) is 0. The summed E-state index contributed by atoms with van der Waals surface area (Å²) in [6.45, 7) is 1.67. The van der Waals surface area contributed by atoms with E-state index in [9.17, 15) is 9.59 Å². The number of nitrogens with one attached hydrogen (secondary N) is 1. The Kier molecular flexibility index (Phi) is 3.65. The van der Waals surface area contributed by atoms with Gasteiger partial charge in [-0.25, -0.2) is 0 Å². The quantitative estimate of drug-likeness (QED) is 0.880. The molecule has 6 heteroatoms. The molecule has 0 saturated carbocycles. The third kappa shape index (κ3) is 2.58. The van der Waals surface area contributed by atoms with Crippen molar-refractivity contribution in [2.75, 3.05) is 10.3 Å². The molecule has 2 aromatic rings. The molecule has 1 unspecified atom stereocenters. The number of aromatic nitrogens is 1. The Hall–Kier alpha value is -3.02. The molecule has 1 atom stereocenters. The van der Waals surface area contributed by atoms with Gasteiger partial charge in [-0.3, -0.25) is 14.6 Å². The van der Waals surface area contributed by atoms with Gasteiger partial charge in [0.25, 0.3) is 5.91 Å². The van der Waals surface area contributed by atoms with Crippen LogP contribution < -0.4 is 10.3 Å². The maximum absolute atomic E-state index is 12.5. The Morgan fingerprint density at radius 2 is 1.82 bits per heavy atom. The fraction of sp³-hybridized carbons (Fsp3) is 0.125. The number of hydrogen-bond donors (Lipinski definition) is 1. The first kappa shape index (κ1) is 13.9. The van der Waals surface area contributed by atoms with Gasteiger partial charge in [0, 0.05) is 18.1 Å². The number of pyridine rings is 1. The fourth-order valence-electron chi connectivity index (χ4n) is 2.27. The van der Waals surface area contributed by atoms with E-state index in [0.29, 0.717) is 17.1 Å². The van der Waals surface area contributed by atoms with Gasteiger partial charge in [-0.2, -0.15) is 10.1 Å². The molecule has 0 spiro atoms. The number of nitrogens with zero attached hydrogens (tertiary/aromatic N) is 3. The maximum atomic E-state index is 12.5. The highest BCUT2D eigenvalue weighted by atomic mass is 16.2. The van der Waals surface area contributed by atoms with Gasteiger partial charge in [0.1, 0.15) is 0 Å². The van der Waals surface area contributed by atoms with Crippen LogP contribution in [-0.4, -0.2) is 22.5 Å². The second-order valence-corrected chi connectivity index (χ2v) is 4.89. The van der Waals surface area contributed by atoms with Crippen LogP contribution in [0.1, 0.15) is 6.92 Å². The average molecular weight is 294 g/mol. The molecule has 0 aliphatic carbocycles. The Morgan fingerprint density at radius 3 is 2.50 bits per heavy atom. The molecule has 2 amide bonds. The van der Waals surface area contributed by atoms with Crippen LogP contribution in [0.3, 0.4) is 0 Å². The van der Waals surface area contributed by atoms with Gasteiger partial charge >= 0.3 is 0 Å². The predicted octanol–water partition coefficient (Wildman–Crippen LogP) is 2.06. The number of carbonyl (C=O) groups excluding carboxylic acids is 2. The van der Waals surface area contributed by atoms with E-state index in [-0.39, 0.29) is 11.8 Å². The monoisotopic (exact) mass is 294 g/mol. The molecule has 0 radical (unpaired) electrons. The first-order valence-corrected chi connectivity index (χ1v) is 6.82. The third-order valence-corrected chi connectivity index (χ3v) is 3.34. The van der Waals surface area contributed by atoms with E-state index < -0.39 is 5.92 Å². The molecular formula is C16H14N4O2. The molecule has 0 saturated heterocycles. The van der Waals surface area contributed by atoms with Gasteiger partial charge in [-0.1, -0.05) is 18.2 Å². The standard InChI is InChI=1S/C16H14N4O2/c1-11-14(15(21)18-12-5-3-2-4-6-12)16(22)20(19-11)13-7-9-17-10-8-13/h2-10,14H,1H3,(H,18,21). The lowest BCUT2D eigenvalue weighted by Gasteiger charge is -2.14. The van der Waals surface area contributed by atoms with Crippen LogP contribution in [0.4, 0.5) is 11.4 Å². The highest BCUT2D eigenvalue weighted by Crippen LogP contribution is 2.24. The van der Waals surface area contributed by atoms with Crippen LogP contribution in [0, 0.1) is 5.92 Å². The summed E-state index contributed by atoms with van der Waals surface area (Å²) < 4.78 is 0. The van der Waals surface area contributed by atoms with E-state index in [2.05, 4.69) is 15.4 Å². The number of carbonyl (C=O) groups is 2. The van der Waals surface area contributed by atoms with Crippen molar-refractivity contribution >= 4 is 28.9 Å². The van der Waals surface area contributed by atoms with Crippen molar-refractivity contribution in [2.45, 2.75) is 6.92 Å². The van der Waals surface area contributed by atoms with Crippen LogP contribution in [0.2, 0.25) is 0 Å². The molecule has 110 valence electrons. The number of hydrazone groups is 1. The number of benzene rings is 1. The molecule has 6 nitrogen and oxygen atoms in total. The minimum atomic E-state index is -0.909. The lowest BCUT2D eigenvalue weighted by atomic mass is 10.0. The molecule has 1 aromatic carbocycles. The second kappa shape index (κ2) is 5.77. The van der Waals surface area contributed by atoms with E-state index in [1.807, 2.05) is 18.2 Å². The van der Waals surface area contributed by atoms with Crippen LogP contribution in [-0.2, 0) is 9.59 Å². The van der Waals surface area contributed by atoms with Crippen LogP contribution in [0.15, 0.2) is 60.0 Å². The van der Waals surface area contributed by atoms with E-state index in [0.717, 1.165) is 0 Å². The summed E-state index contributed by atoms with van der Waals surface area (Å²) in [4.78, 5) is 28.7. The second-order valence-electron chi connectivity index (χ2n) is 4.89. The van der Waals surface area contributed by atoms with E-state index >= 15 is 0 Å². The van der Waals surface area contributed by atoms with Gasteiger partial charge in [-0.15, -0.1) is 0 Å². The number of para-hydroxylation sites is 1. The highest BCUT2D eigenvalue weighted by Gasteiger charge is 2.39. The van der Waals surface area contributed by atoms with Gasteiger partial charge in [0.2, 0.25) is 5.91 Å². The minimum absolute atomic E-state index is 0.364. The Labute approximate surface area is 127 Å². The van der Waals surface area contributed by atoms with Gasteiger partial charge in [-0.05, 0) is 31.2 Å². The average Bonchev–Trinajstić information content (AvgIpc) is 2.84.